The van der Waals surface area contributed by atoms with Crippen LogP contribution in [0, 0.1) is 19.8 Å². The van der Waals surface area contributed by atoms with Crippen molar-refractivity contribution in [1.29, 1.82) is 0 Å². The number of aromatic nitrogens is 3. The molecule has 4 aromatic rings. The number of rotatable bonds is 7. The van der Waals surface area contributed by atoms with Gasteiger partial charge in [0.1, 0.15) is 12.3 Å². The number of urea groups is 1. The maximum absolute atomic E-state index is 12.9. The summed E-state index contributed by atoms with van der Waals surface area (Å²) in [6.45, 7) is 7.29. The number of ether oxygens (including phenoxy) is 1. The van der Waals surface area contributed by atoms with E-state index in [4.69, 9.17) is 4.74 Å². The number of para-hydroxylation sites is 1. The number of nitrogens with one attached hydrogen (secondary N) is 2. The number of aryl methyl sites for hydroxylation is 2. The van der Waals surface area contributed by atoms with E-state index in [1.54, 1.807) is 38.1 Å². The van der Waals surface area contributed by atoms with Crippen LogP contribution in [0.2, 0.25) is 0 Å². The largest absolute Gasteiger partial charge is 0.454 e. The first-order valence-electron chi connectivity index (χ1n) is 13.1. The summed E-state index contributed by atoms with van der Waals surface area (Å²) in [6, 6.07) is 16.5. The lowest BCUT2D eigenvalue weighted by molar-refractivity contribution is -0.145. The average molecular weight is 611 g/mol. The van der Waals surface area contributed by atoms with Gasteiger partial charge in [0.2, 0.25) is 0 Å². The molecule has 0 radical (unpaired) electrons. The zero-order valence-electron chi connectivity index (χ0n) is 23.8. The number of amidine groups is 1. The lowest BCUT2D eigenvalue weighted by atomic mass is 10.1. The van der Waals surface area contributed by atoms with E-state index >= 15 is 0 Å². The highest BCUT2D eigenvalue weighted by Gasteiger charge is 2.30. The van der Waals surface area contributed by atoms with Crippen LogP contribution in [0.1, 0.15) is 30.5 Å². The fourth-order valence-corrected chi connectivity index (χ4v) is 4.38. The second-order valence-corrected chi connectivity index (χ2v) is 10.7. The zero-order chi connectivity index (χ0) is 31.1. The Balaban J connectivity index is 1.43. The van der Waals surface area contributed by atoms with E-state index in [1.807, 2.05) is 32.0 Å². The number of benzene rings is 3. The molecular weight excluding hydrogens is 581 g/mol. The Labute approximate surface area is 250 Å². The zero-order valence-corrected chi connectivity index (χ0v) is 24.6. The van der Waals surface area contributed by atoms with Crippen LogP contribution in [0.4, 0.5) is 29.3 Å². The molecule has 0 fully saturated rings. The topological polar surface area (TPSA) is 110 Å². The standard InChI is InChI=1S/C30H29F3N6O3S/c1-18(2)27(40)42-17-43-29(36-25-19(3)6-5-7-20(25)4)37-28(41)35-23-12-8-21(9-13-23)26-34-16-39(38-26)24-14-10-22(11-15-24)30(31,32)33/h5-16,18H,17H2,1-4H3,(H2,35,36,37,41). The maximum atomic E-state index is 12.9. The lowest BCUT2D eigenvalue weighted by Crippen LogP contribution is -2.33. The van der Waals surface area contributed by atoms with Gasteiger partial charge < -0.3 is 10.1 Å². The van der Waals surface area contributed by atoms with Crippen LogP contribution in [0.15, 0.2) is 78.0 Å². The van der Waals surface area contributed by atoms with Crippen LogP contribution in [-0.2, 0) is 15.7 Å². The van der Waals surface area contributed by atoms with Gasteiger partial charge in [-0.1, -0.05) is 32.0 Å². The molecule has 0 aliphatic rings. The van der Waals surface area contributed by atoms with E-state index in [2.05, 4.69) is 25.7 Å². The summed E-state index contributed by atoms with van der Waals surface area (Å²) in [7, 11) is 0. The Bertz CT molecular complexity index is 1600. The highest BCUT2D eigenvalue weighted by molar-refractivity contribution is 8.13. The smallest absolute Gasteiger partial charge is 0.416 e. The number of aliphatic imine (C=N–C) groups is 1. The number of alkyl halides is 3. The first-order valence-corrected chi connectivity index (χ1v) is 14.1. The molecule has 2 N–H and O–H groups in total. The molecule has 0 saturated heterocycles. The van der Waals surface area contributed by atoms with Gasteiger partial charge in [-0.3, -0.25) is 10.1 Å². The van der Waals surface area contributed by atoms with Crippen molar-refractivity contribution in [3.63, 3.8) is 0 Å². The lowest BCUT2D eigenvalue weighted by Gasteiger charge is -2.13. The summed E-state index contributed by atoms with van der Waals surface area (Å²) in [6.07, 6.45) is -3.01. The normalized spacial score (nSPS) is 11.9. The number of anilines is 1. The summed E-state index contributed by atoms with van der Waals surface area (Å²) in [5.41, 5.74) is 3.34. The van der Waals surface area contributed by atoms with Gasteiger partial charge >= 0.3 is 18.2 Å². The molecule has 0 spiro atoms. The number of halogens is 3. The minimum atomic E-state index is -4.42. The summed E-state index contributed by atoms with van der Waals surface area (Å²) in [5.74, 6) is -0.317. The van der Waals surface area contributed by atoms with Crippen LogP contribution in [0.3, 0.4) is 0 Å². The third-order valence-electron chi connectivity index (χ3n) is 6.09. The van der Waals surface area contributed by atoms with E-state index < -0.39 is 17.8 Å². The third kappa shape index (κ3) is 8.44. The fourth-order valence-electron chi connectivity index (χ4n) is 3.77. The van der Waals surface area contributed by atoms with Crippen LogP contribution in [-0.4, -0.2) is 37.9 Å². The Morgan fingerprint density at radius 1 is 1.00 bits per heavy atom. The van der Waals surface area contributed by atoms with Crippen molar-refractivity contribution >= 4 is 40.3 Å². The summed E-state index contributed by atoms with van der Waals surface area (Å²) >= 11 is 1.08. The second-order valence-electron chi connectivity index (χ2n) is 9.75. The van der Waals surface area contributed by atoms with Crippen molar-refractivity contribution in [1.82, 2.24) is 20.1 Å². The molecular formula is C30H29F3N6O3S. The SMILES string of the molecule is Cc1cccc(C)c1/N=C(\NC(=O)Nc1ccc(-c2ncn(-c3ccc(C(F)(F)F)cc3)n2)cc1)SCOC(=O)C(C)C. The van der Waals surface area contributed by atoms with E-state index in [0.29, 0.717) is 28.5 Å². The molecule has 224 valence electrons. The molecule has 0 unspecified atom stereocenters. The fraction of sp³-hybridized carbons (Fsp3) is 0.233. The predicted octanol–water partition coefficient (Wildman–Crippen LogP) is 7.27. The van der Waals surface area contributed by atoms with Crippen LogP contribution < -0.4 is 10.6 Å². The highest BCUT2D eigenvalue weighted by atomic mass is 32.2. The van der Waals surface area contributed by atoms with Gasteiger partial charge in [0, 0.05) is 11.3 Å². The van der Waals surface area contributed by atoms with E-state index in [1.165, 1.54) is 23.1 Å². The highest BCUT2D eigenvalue weighted by Crippen LogP contribution is 2.30. The van der Waals surface area contributed by atoms with Crippen LogP contribution in [0.25, 0.3) is 17.1 Å². The summed E-state index contributed by atoms with van der Waals surface area (Å²) < 4.78 is 45.2. The molecule has 43 heavy (non-hydrogen) atoms. The predicted molar refractivity (Wildman–Crippen MR) is 160 cm³/mol. The van der Waals surface area contributed by atoms with Gasteiger partial charge in [-0.15, -0.1) is 5.10 Å². The van der Waals surface area contributed by atoms with Crippen molar-refractivity contribution in [2.24, 2.45) is 10.9 Å². The summed E-state index contributed by atoms with van der Waals surface area (Å²) in [4.78, 5) is 33.6. The van der Waals surface area contributed by atoms with Crippen molar-refractivity contribution in [3.8, 4) is 17.1 Å². The van der Waals surface area contributed by atoms with Crippen LogP contribution in [0.5, 0.6) is 0 Å². The van der Waals surface area contributed by atoms with Crippen molar-refractivity contribution in [3.05, 3.63) is 89.7 Å². The summed E-state index contributed by atoms with van der Waals surface area (Å²) in [5, 5.41) is 10.1. The molecule has 0 aliphatic heterocycles. The van der Waals surface area contributed by atoms with Gasteiger partial charge in [-0.05, 0) is 85.3 Å². The number of hydrogen-bond donors (Lipinski definition) is 2. The minimum Gasteiger partial charge on any atom is -0.454 e. The number of esters is 1. The van der Waals surface area contributed by atoms with Gasteiger partial charge in [0.25, 0.3) is 0 Å². The average Bonchev–Trinajstić information content (AvgIpc) is 3.45. The van der Waals surface area contributed by atoms with Gasteiger partial charge in [-0.25, -0.2) is 19.5 Å². The molecule has 4 rings (SSSR count). The van der Waals surface area contributed by atoms with Crippen molar-refractivity contribution in [2.75, 3.05) is 11.3 Å². The third-order valence-corrected chi connectivity index (χ3v) is 6.80. The Morgan fingerprint density at radius 3 is 2.26 bits per heavy atom. The van der Waals surface area contributed by atoms with E-state index in [0.717, 1.165) is 35.0 Å². The Morgan fingerprint density at radius 2 is 1.65 bits per heavy atom. The molecule has 1 heterocycles. The van der Waals surface area contributed by atoms with E-state index in [9.17, 15) is 22.8 Å². The molecule has 0 bridgehead atoms. The Kier molecular flexibility index (Phi) is 9.86. The molecule has 1 aromatic heterocycles. The number of carbonyl (C=O) groups is 2. The number of nitrogens with zero attached hydrogens (tertiary/aromatic N) is 4. The van der Waals surface area contributed by atoms with Gasteiger partial charge in [0.05, 0.1) is 22.9 Å². The molecule has 3 aromatic carbocycles. The van der Waals surface area contributed by atoms with Gasteiger partial charge in [-0.2, -0.15) is 13.2 Å². The molecule has 0 aliphatic carbocycles. The number of amides is 2. The number of thioether (sulfide) groups is 1. The maximum Gasteiger partial charge on any atom is 0.416 e. The monoisotopic (exact) mass is 610 g/mol. The van der Waals surface area contributed by atoms with Gasteiger partial charge in [0.15, 0.2) is 11.0 Å². The second kappa shape index (κ2) is 13.6. The molecule has 9 nitrogen and oxygen atoms in total. The minimum absolute atomic E-state index is 0.0259. The van der Waals surface area contributed by atoms with Crippen LogP contribution >= 0.6 is 11.8 Å². The number of carbonyl (C=O) groups excluding carboxylic acids is 2. The molecule has 0 saturated carbocycles. The molecule has 13 heteroatoms. The van der Waals surface area contributed by atoms with E-state index in [-0.39, 0.29) is 23.0 Å². The van der Waals surface area contributed by atoms with Crippen molar-refractivity contribution < 1.29 is 27.5 Å². The Hall–Kier alpha value is -4.65. The molecule has 2 amide bonds. The van der Waals surface area contributed by atoms with Crippen molar-refractivity contribution in [2.45, 2.75) is 33.9 Å². The molecule has 0 atom stereocenters. The quantitative estimate of drug-likeness (QED) is 0.0986. The first kappa shape index (κ1) is 31.3. The number of hydrogen-bond acceptors (Lipinski definition) is 7. The first-order chi connectivity index (χ1) is 20.4.